The topological polar surface area (TPSA) is 100 Å². The molecule has 1 aromatic heterocycles. The van der Waals surface area contributed by atoms with Gasteiger partial charge in [-0.2, -0.15) is 0 Å². The molecule has 8 heteroatoms. The van der Waals surface area contributed by atoms with Crippen LogP contribution in [0.1, 0.15) is 20.3 Å². The molecule has 0 aliphatic rings. The molecular weight excluding hydrogens is 280 g/mol. The summed E-state index contributed by atoms with van der Waals surface area (Å²) in [5, 5.41) is 5.61. The molecule has 1 amide bonds. The summed E-state index contributed by atoms with van der Waals surface area (Å²) < 4.78 is 26.5. The molecule has 20 heavy (non-hydrogen) atoms. The minimum absolute atomic E-state index is 0.121. The van der Waals surface area contributed by atoms with Crippen molar-refractivity contribution in [3.63, 3.8) is 0 Å². The van der Waals surface area contributed by atoms with E-state index in [0.29, 0.717) is 25.2 Å². The predicted octanol–water partition coefficient (Wildman–Crippen LogP) is 0.318. The van der Waals surface area contributed by atoms with E-state index in [-0.39, 0.29) is 17.3 Å². The van der Waals surface area contributed by atoms with Gasteiger partial charge in [0.15, 0.2) is 0 Å². The van der Waals surface area contributed by atoms with Crippen LogP contribution in [0.3, 0.4) is 0 Å². The Morgan fingerprint density at radius 3 is 2.70 bits per heavy atom. The van der Waals surface area contributed by atoms with Gasteiger partial charge in [-0.25, -0.2) is 13.1 Å². The number of nitrogens with zero attached hydrogens (tertiary/aromatic N) is 1. The van der Waals surface area contributed by atoms with Crippen LogP contribution < -0.4 is 15.4 Å². The first-order chi connectivity index (χ1) is 9.45. The number of carbonyl (C=O) groups is 1. The third-order valence-electron chi connectivity index (χ3n) is 2.42. The zero-order chi connectivity index (χ0) is 15.0. The molecule has 3 N–H and O–H groups in total. The Balaban J connectivity index is 2.55. The van der Waals surface area contributed by atoms with Crippen molar-refractivity contribution in [2.45, 2.75) is 25.2 Å². The molecule has 0 saturated heterocycles. The fourth-order valence-corrected chi connectivity index (χ4v) is 2.57. The number of carbonyl (C=O) groups excluding carboxylic acids is 1. The number of hydrogen-bond donors (Lipinski definition) is 3. The number of pyridine rings is 1. The highest BCUT2D eigenvalue weighted by molar-refractivity contribution is 7.89. The molecule has 0 fully saturated rings. The lowest BCUT2D eigenvalue weighted by Gasteiger charge is -2.08. The van der Waals surface area contributed by atoms with Gasteiger partial charge in [0, 0.05) is 32.8 Å². The Morgan fingerprint density at radius 2 is 2.05 bits per heavy atom. The minimum atomic E-state index is -3.57. The van der Waals surface area contributed by atoms with E-state index < -0.39 is 10.0 Å². The summed E-state index contributed by atoms with van der Waals surface area (Å²) in [6, 6.07) is 1.53. The third-order valence-corrected chi connectivity index (χ3v) is 3.85. The van der Waals surface area contributed by atoms with Gasteiger partial charge < -0.3 is 10.6 Å². The van der Waals surface area contributed by atoms with Gasteiger partial charge in [0.2, 0.25) is 15.9 Å². The average Bonchev–Trinajstić information content (AvgIpc) is 2.38. The van der Waals surface area contributed by atoms with Crippen LogP contribution in [0.15, 0.2) is 23.4 Å². The summed E-state index contributed by atoms with van der Waals surface area (Å²) >= 11 is 0. The molecule has 1 aromatic rings. The van der Waals surface area contributed by atoms with E-state index in [1.807, 2.05) is 6.92 Å². The number of nitrogens with one attached hydrogen (secondary N) is 3. The highest BCUT2D eigenvalue weighted by atomic mass is 32.2. The molecule has 0 bridgehead atoms. The molecule has 0 radical (unpaired) electrons. The van der Waals surface area contributed by atoms with Gasteiger partial charge in [0.1, 0.15) is 4.90 Å². The van der Waals surface area contributed by atoms with Crippen LogP contribution >= 0.6 is 0 Å². The maximum absolute atomic E-state index is 12.0. The van der Waals surface area contributed by atoms with Crippen molar-refractivity contribution in [3.05, 3.63) is 18.5 Å². The first-order valence-electron chi connectivity index (χ1n) is 6.38. The van der Waals surface area contributed by atoms with Crippen LogP contribution in [0.25, 0.3) is 0 Å². The standard InChI is InChI=1S/C12H20N4O3S/c1-3-14-11-7-12(9-13-8-11)20(18,19)16-6-4-5-15-10(2)17/h7-9,14,16H,3-6H2,1-2H3,(H,15,17). The molecule has 1 rings (SSSR count). The molecule has 1 heterocycles. The Hall–Kier alpha value is -1.67. The quantitative estimate of drug-likeness (QED) is 0.600. The number of hydrogen-bond acceptors (Lipinski definition) is 5. The fourth-order valence-electron chi connectivity index (χ4n) is 1.51. The highest BCUT2D eigenvalue weighted by Crippen LogP contribution is 2.12. The monoisotopic (exact) mass is 300 g/mol. The summed E-state index contributed by atoms with van der Waals surface area (Å²) in [4.78, 5) is 14.7. The van der Waals surface area contributed by atoms with Crippen molar-refractivity contribution in [1.82, 2.24) is 15.0 Å². The van der Waals surface area contributed by atoms with E-state index in [9.17, 15) is 13.2 Å². The Morgan fingerprint density at radius 1 is 1.30 bits per heavy atom. The van der Waals surface area contributed by atoms with E-state index >= 15 is 0 Å². The molecule has 0 aliphatic carbocycles. The molecular formula is C12H20N4O3S. The van der Waals surface area contributed by atoms with E-state index in [4.69, 9.17) is 0 Å². The maximum atomic E-state index is 12.0. The van der Waals surface area contributed by atoms with Crippen molar-refractivity contribution >= 4 is 21.6 Å². The average molecular weight is 300 g/mol. The first kappa shape index (κ1) is 16.4. The second-order valence-electron chi connectivity index (χ2n) is 4.17. The lowest BCUT2D eigenvalue weighted by molar-refractivity contribution is -0.118. The number of amides is 1. The van der Waals surface area contributed by atoms with Crippen molar-refractivity contribution < 1.29 is 13.2 Å². The SMILES string of the molecule is CCNc1cncc(S(=O)(=O)NCCCNC(C)=O)c1. The fraction of sp³-hybridized carbons (Fsp3) is 0.500. The molecule has 112 valence electrons. The van der Waals surface area contributed by atoms with Crippen molar-refractivity contribution in [1.29, 1.82) is 0 Å². The van der Waals surface area contributed by atoms with Crippen molar-refractivity contribution in [3.8, 4) is 0 Å². The van der Waals surface area contributed by atoms with Gasteiger partial charge in [-0.3, -0.25) is 9.78 Å². The molecule has 0 aliphatic heterocycles. The lowest BCUT2D eigenvalue weighted by Crippen LogP contribution is -2.29. The van der Waals surface area contributed by atoms with Gasteiger partial charge >= 0.3 is 0 Å². The zero-order valence-corrected chi connectivity index (χ0v) is 12.5. The van der Waals surface area contributed by atoms with Crippen LogP contribution in [-0.4, -0.2) is 38.9 Å². The van der Waals surface area contributed by atoms with Crippen LogP contribution in [0.5, 0.6) is 0 Å². The summed E-state index contributed by atoms with van der Waals surface area (Å²) in [5.74, 6) is -0.129. The van der Waals surface area contributed by atoms with Crippen LogP contribution in [-0.2, 0) is 14.8 Å². The zero-order valence-electron chi connectivity index (χ0n) is 11.6. The molecule has 0 saturated carbocycles. The first-order valence-corrected chi connectivity index (χ1v) is 7.87. The minimum Gasteiger partial charge on any atom is -0.384 e. The Kier molecular flexibility index (Phi) is 6.40. The summed E-state index contributed by atoms with van der Waals surface area (Å²) in [5.41, 5.74) is 0.661. The second-order valence-corrected chi connectivity index (χ2v) is 5.94. The smallest absolute Gasteiger partial charge is 0.242 e. The van der Waals surface area contributed by atoms with Gasteiger partial charge in [-0.1, -0.05) is 0 Å². The summed E-state index contributed by atoms with van der Waals surface area (Å²) in [6.45, 7) is 4.72. The van der Waals surface area contributed by atoms with Gasteiger partial charge in [0.05, 0.1) is 11.9 Å². The van der Waals surface area contributed by atoms with E-state index in [1.54, 1.807) is 6.20 Å². The number of aromatic nitrogens is 1. The molecule has 0 spiro atoms. The largest absolute Gasteiger partial charge is 0.384 e. The highest BCUT2D eigenvalue weighted by Gasteiger charge is 2.14. The number of anilines is 1. The molecule has 0 aromatic carbocycles. The van der Waals surface area contributed by atoms with Crippen LogP contribution in [0, 0.1) is 0 Å². The van der Waals surface area contributed by atoms with Crippen LogP contribution in [0.2, 0.25) is 0 Å². The molecule has 0 unspecified atom stereocenters. The molecule has 0 atom stereocenters. The third kappa shape index (κ3) is 5.54. The lowest BCUT2D eigenvalue weighted by atomic mass is 10.4. The second kappa shape index (κ2) is 7.81. The van der Waals surface area contributed by atoms with E-state index in [2.05, 4.69) is 20.3 Å². The van der Waals surface area contributed by atoms with E-state index in [1.165, 1.54) is 19.2 Å². The van der Waals surface area contributed by atoms with Gasteiger partial charge in [0.25, 0.3) is 0 Å². The Bertz CT molecular complexity index is 545. The normalized spacial score (nSPS) is 11.1. The molecule has 7 nitrogen and oxygen atoms in total. The summed E-state index contributed by atoms with van der Waals surface area (Å²) in [7, 11) is -3.57. The summed E-state index contributed by atoms with van der Waals surface area (Å²) in [6.07, 6.45) is 3.40. The van der Waals surface area contributed by atoms with Crippen molar-refractivity contribution in [2.24, 2.45) is 0 Å². The Labute approximate surface area is 119 Å². The van der Waals surface area contributed by atoms with Crippen molar-refractivity contribution in [2.75, 3.05) is 25.0 Å². The van der Waals surface area contributed by atoms with Crippen LogP contribution in [0.4, 0.5) is 5.69 Å². The van der Waals surface area contributed by atoms with E-state index in [0.717, 1.165) is 0 Å². The maximum Gasteiger partial charge on any atom is 0.242 e. The van der Waals surface area contributed by atoms with Gasteiger partial charge in [-0.05, 0) is 19.4 Å². The van der Waals surface area contributed by atoms with Gasteiger partial charge in [-0.15, -0.1) is 0 Å². The predicted molar refractivity (Wildman–Crippen MR) is 76.9 cm³/mol. The number of rotatable bonds is 8. The number of sulfonamides is 1.